The number of hydrogen-bond acceptors (Lipinski definition) is 0. The Kier molecular flexibility index (Phi) is 3.43. The Morgan fingerprint density at radius 1 is 1.06 bits per heavy atom. The predicted octanol–water partition coefficient (Wildman–Crippen LogP) is 3.10. The maximum absolute atomic E-state index is 3.69. The monoisotopic (exact) mass is 222 g/mol. The lowest BCUT2D eigenvalue weighted by Gasteiger charge is -2.15. The smallest absolute Gasteiger partial charge is 0.00578 e. The van der Waals surface area contributed by atoms with Gasteiger partial charge in [0, 0.05) is 0 Å². The van der Waals surface area contributed by atoms with E-state index in [0.29, 0.717) is 0 Å². The maximum Gasteiger partial charge on any atom is -0.00578 e. The molecule has 0 fully saturated rings. The molecule has 0 saturated heterocycles. The molecule has 0 unspecified atom stereocenters. The fourth-order valence-electron chi connectivity index (χ4n) is 2.30. The van der Waals surface area contributed by atoms with Gasteiger partial charge in [0.05, 0.1) is 0 Å². The molecule has 0 nitrogen and oxygen atoms in total. The van der Waals surface area contributed by atoms with Crippen LogP contribution in [0.5, 0.6) is 0 Å². The number of fused-ring (bicyclic) bond motifs is 1. The fraction of sp³-hybridized carbons (Fsp3) is 0.176. The third kappa shape index (κ3) is 2.31. The van der Waals surface area contributed by atoms with E-state index in [1.165, 1.54) is 27.2 Å². The van der Waals surface area contributed by atoms with Gasteiger partial charge in [-0.2, -0.15) is 0 Å². The third-order valence-corrected chi connectivity index (χ3v) is 3.27. The first-order valence-electron chi connectivity index (χ1n) is 5.98. The lowest BCUT2D eigenvalue weighted by Crippen LogP contribution is -2.31. The van der Waals surface area contributed by atoms with Crippen molar-refractivity contribution in [1.82, 2.24) is 0 Å². The van der Waals surface area contributed by atoms with Crippen molar-refractivity contribution >= 4 is 11.1 Å². The van der Waals surface area contributed by atoms with Crippen molar-refractivity contribution in [2.45, 2.75) is 20.3 Å². The van der Waals surface area contributed by atoms with Crippen molar-refractivity contribution < 1.29 is 0 Å². The van der Waals surface area contributed by atoms with Crippen LogP contribution < -0.4 is 10.4 Å². The molecule has 0 radical (unpaired) electrons. The minimum absolute atomic E-state index is 1.05. The number of allylic oxidation sites excluding steroid dienone is 5. The summed E-state index contributed by atoms with van der Waals surface area (Å²) < 4.78 is 0. The zero-order valence-electron chi connectivity index (χ0n) is 10.5. The molecule has 0 bridgehead atoms. The number of benzene rings is 1. The van der Waals surface area contributed by atoms with Crippen LogP contribution in [0, 0.1) is 0 Å². The number of hydrogen-bond donors (Lipinski definition) is 0. The van der Waals surface area contributed by atoms with Gasteiger partial charge in [-0.25, -0.2) is 0 Å². The van der Waals surface area contributed by atoms with Crippen LogP contribution in [-0.4, -0.2) is 0 Å². The molecule has 1 aromatic carbocycles. The molecule has 0 atom stereocenters. The summed E-state index contributed by atoms with van der Waals surface area (Å²) in [5.41, 5.74) is 4.24. The third-order valence-electron chi connectivity index (χ3n) is 3.27. The zero-order chi connectivity index (χ0) is 12.3. The average Bonchev–Trinajstić information content (AvgIpc) is 2.36. The van der Waals surface area contributed by atoms with Crippen LogP contribution in [0.1, 0.15) is 20.3 Å². The molecule has 1 aromatic rings. The molecule has 0 spiro atoms. The second-order valence-corrected chi connectivity index (χ2v) is 4.44. The Labute approximate surface area is 103 Å². The van der Waals surface area contributed by atoms with Gasteiger partial charge in [0.2, 0.25) is 0 Å². The van der Waals surface area contributed by atoms with Gasteiger partial charge in [0.15, 0.2) is 0 Å². The van der Waals surface area contributed by atoms with Gasteiger partial charge in [-0.3, -0.25) is 0 Å². The minimum Gasteiger partial charge on any atom is -0.0991 e. The minimum atomic E-state index is 1.05. The van der Waals surface area contributed by atoms with Gasteiger partial charge >= 0.3 is 0 Å². The average molecular weight is 222 g/mol. The molecule has 17 heavy (non-hydrogen) atoms. The molecule has 0 N–H and O–H groups in total. The van der Waals surface area contributed by atoms with Crippen molar-refractivity contribution in [2.24, 2.45) is 0 Å². The first kappa shape index (κ1) is 11.7. The van der Waals surface area contributed by atoms with E-state index >= 15 is 0 Å². The molecule has 1 aliphatic carbocycles. The van der Waals surface area contributed by atoms with Crippen molar-refractivity contribution in [3.63, 3.8) is 0 Å². The van der Waals surface area contributed by atoms with Gasteiger partial charge in [0.1, 0.15) is 0 Å². The molecule has 0 heterocycles. The highest BCUT2D eigenvalue weighted by molar-refractivity contribution is 5.71. The quantitative estimate of drug-likeness (QED) is 0.675. The first-order valence-corrected chi connectivity index (χ1v) is 5.98. The summed E-state index contributed by atoms with van der Waals surface area (Å²) in [5.74, 6) is 0. The summed E-state index contributed by atoms with van der Waals surface area (Å²) in [7, 11) is 0. The highest BCUT2D eigenvalue weighted by Crippen LogP contribution is 2.20. The van der Waals surface area contributed by atoms with Crippen LogP contribution in [0.15, 0.2) is 60.7 Å². The Morgan fingerprint density at radius 2 is 1.76 bits per heavy atom. The van der Waals surface area contributed by atoms with E-state index in [2.05, 4.69) is 56.8 Å². The van der Waals surface area contributed by atoms with E-state index in [-0.39, 0.29) is 0 Å². The van der Waals surface area contributed by atoms with E-state index in [4.69, 9.17) is 0 Å². The predicted molar refractivity (Wildman–Crippen MR) is 75.9 cm³/mol. The molecule has 0 amide bonds. The van der Waals surface area contributed by atoms with E-state index in [1.807, 2.05) is 6.08 Å². The molecule has 0 aromatic heterocycles. The largest absolute Gasteiger partial charge is 0.0991 e. The standard InChI is InChI=1S/C17H18/c1-4-5-6-9-15-12-13(2)16-10-7-8-11-17(16)14(15)3/h4-11H,1,12H2,2-3H3/b6-5-,15-9+. The first-order chi connectivity index (χ1) is 8.24. The number of rotatable bonds is 2. The summed E-state index contributed by atoms with van der Waals surface area (Å²) in [5, 5.41) is 2.77. The molecule has 1 aliphatic rings. The summed E-state index contributed by atoms with van der Waals surface area (Å²) in [6, 6.07) is 8.64. The van der Waals surface area contributed by atoms with Crippen LogP contribution in [0.2, 0.25) is 0 Å². The Balaban J connectivity index is 2.62. The van der Waals surface area contributed by atoms with Gasteiger partial charge in [-0.05, 0) is 41.9 Å². The SMILES string of the molecule is C=C/C=C\C=C1/CC(C)=c2ccccc2=C1C. The topological polar surface area (TPSA) is 0 Å². The molecular formula is C17H18. The summed E-state index contributed by atoms with van der Waals surface area (Å²) in [6.45, 7) is 8.11. The van der Waals surface area contributed by atoms with Crippen molar-refractivity contribution in [3.05, 3.63) is 71.2 Å². The normalized spacial score (nSPS) is 17.6. The van der Waals surface area contributed by atoms with E-state index in [0.717, 1.165) is 6.42 Å². The second-order valence-electron chi connectivity index (χ2n) is 4.44. The van der Waals surface area contributed by atoms with Crippen LogP contribution in [0.3, 0.4) is 0 Å². The summed E-state index contributed by atoms with van der Waals surface area (Å²) in [6.07, 6.45) is 9.07. The maximum atomic E-state index is 3.69. The van der Waals surface area contributed by atoms with Crippen LogP contribution in [0.4, 0.5) is 0 Å². The molecule has 0 heteroatoms. The Morgan fingerprint density at radius 3 is 2.47 bits per heavy atom. The van der Waals surface area contributed by atoms with Crippen LogP contribution >= 0.6 is 0 Å². The van der Waals surface area contributed by atoms with Gasteiger partial charge in [-0.15, -0.1) is 0 Å². The summed E-state index contributed by atoms with van der Waals surface area (Å²) in [4.78, 5) is 0. The molecule has 0 aliphatic heterocycles. The van der Waals surface area contributed by atoms with Crippen molar-refractivity contribution in [2.75, 3.05) is 0 Å². The lowest BCUT2D eigenvalue weighted by atomic mass is 9.90. The van der Waals surface area contributed by atoms with Gasteiger partial charge in [-0.1, -0.05) is 60.7 Å². The van der Waals surface area contributed by atoms with E-state index < -0.39 is 0 Å². The zero-order valence-corrected chi connectivity index (χ0v) is 10.5. The van der Waals surface area contributed by atoms with Gasteiger partial charge in [0.25, 0.3) is 0 Å². The van der Waals surface area contributed by atoms with Crippen molar-refractivity contribution in [3.8, 4) is 0 Å². The van der Waals surface area contributed by atoms with Crippen LogP contribution in [-0.2, 0) is 0 Å². The molecule has 2 rings (SSSR count). The molecule has 0 saturated carbocycles. The van der Waals surface area contributed by atoms with Gasteiger partial charge < -0.3 is 0 Å². The highest BCUT2D eigenvalue weighted by Gasteiger charge is 2.08. The summed E-state index contributed by atoms with van der Waals surface area (Å²) >= 11 is 0. The lowest BCUT2D eigenvalue weighted by molar-refractivity contribution is 1.20. The van der Waals surface area contributed by atoms with Crippen LogP contribution in [0.25, 0.3) is 11.1 Å². The van der Waals surface area contributed by atoms with E-state index in [1.54, 1.807) is 6.08 Å². The second kappa shape index (κ2) is 5.01. The Bertz CT molecular complexity index is 610. The Hall–Kier alpha value is -1.82. The molecule has 86 valence electrons. The highest BCUT2D eigenvalue weighted by atomic mass is 14.1. The van der Waals surface area contributed by atoms with Crippen molar-refractivity contribution in [1.29, 1.82) is 0 Å². The fourth-order valence-corrected chi connectivity index (χ4v) is 2.30. The molecular weight excluding hydrogens is 204 g/mol. The van der Waals surface area contributed by atoms with E-state index in [9.17, 15) is 0 Å².